The predicted octanol–water partition coefficient (Wildman–Crippen LogP) is 0.648. The Kier molecular flexibility index (Phi) is 2.63. The first-order chi connectivity index (χ1) is 10.6. The molecule has 0 fully saturated rings. The Bertz CT molecular complexity index is 806. The molecule has 2 heterocycles. The number of fused-ring (bicyclic) bond motifs is 4. The van der Waals surface area contributed by atoms with E-state index in [1.807, 2.05) is 38.2 Å². The van der Waals surface area contributed by atoms with Gasteiger partial charge in [0.1, 0.15) is 31.7 Å². The lowest BCUT2D eigenvalue weighted by molar-refractivity contribution is 0.264. The molecule has 2 aliphatic rings. The van der Waals surface area contributed by atoms with Crippen molar-refractivity contribution in [1.82, 2.24) is 0 Å². The zero-order valence-corrected chi connectivity index (χ0v) is 12.4. The van der Waals surface area contributed by atoms with E-state index in [2.05, 4.69) is 11.1 Å². The van der Waals surface area contributed by atoms with Gasteiger partial charge in [0.15, 0.2) is 5.54 Å². The quantitative estimate of drug-likeness (QED) is 0.784. The van der Waals surface area contributed by atoms with Crippen molar-refractivity contribution in [3.63, 3.8) is 0 Å². The summed E-state index contributed by atoms with van der Waals surface area (Å²) in [6.07, 6.45) is 0. The number of nitrogens with zero attached hydrogens (tertiary/aromatic N) is 1. The van der Waals surface area contributed by atoms with Crippen molar-refractivity contribution < 1.29 is 14.2 Å². The van der Waals surface area contributed by atoms with E-state index in [9.17, 15) is 0 Å². The Morgan fingerprint density at radius 3 is 2.59 bits per heavy atom. The monoisotopic (exact) mass is 294 g/mol. The van der Waals surface area contributed by atoms with Crippen molar-refractivity contribution in [2.75, 3.05) is 13.7 Å². The number of hydrogen-bond donors (Lipinski definition) is 1. The van der Waals surface area contributed by atoms with Crippen LogP contribution in [-0.4, -0.2) is 27.6 Å². The maximum absolute atomic E-state index is 6.03. The normalized spacial score (nSPS) is 21.4. The summed E-state index contributed by atoms with van der Waals surface area (Å²) < 4.78 is 16.9. The van der Waals surface area contributed by atoms with Crippen LogP contribution >= 0.6 is 0 Å². The molecule has 6 heteroatoms. The molecule has 0 bridgehead atoms. The van der Waals surface area contributed by atoms with E-state index in [0.29, 0.717) is 6.61 Å². The van der Waals surface area contributed by atoms with Crippen LogP contribution in [0, 0.1) is 0 Å². The van der Waals surface area contributed by atoms with Gasteiger partial charge in [0.25, 0.3) is 6.02 Å². The molecule has 2 aromatic rings. The molecule has 0 aromatic heterocycles. The third-order valence-corrected chi connectivity index (χ3v) is 4.16. The van der Waals surface area contributed by atoms with Crippen LogP contribution in [-0.2, 0) is 10.3 Å². The third kappa shape index (κ3) is 1.70. The minimum atomic E-state index is -0.673. The molecule has 1 spiro atoms. The lowest BCUT2D eigenvalue weighted by Gasteiger charge is -2.33. The smallest absolute Gasteiger partial charge is 0.283 e. The largest absolute Gasteiger partial charge is 0.497 e. The van der Waals surface area contributed by atoms with E-state index in [1.165, 1.54) is 0 Å². The maximum atomic E-state index is 6.03. The second-order valence-corrected chi connectivity index (χ2v) is 5.56. The number of rotatable bonds is 1. The second kappa shape index (κ2) is 4.43. The van der Waals surface area contributed by atoms with E-state index in [0.717, 1.165) is 33.8 Å². The number of aliphatic imine (C=N–C) groups is 1. The zero-order valence-electron chi connectivity index (χ0n) is 12.4. The molecule has 110 valence electrons. The molecule has 0 aliphatic carbocycles. The number of nitrogens with two attached hydrogens (primary N) is 1. The van der Waals surface area contributed by atoms with Gasteiger partial charge in [-0.25, -0.2) is 4.99 Å². The van der Waals surface area contributed by atoms with Gasteiger partial charge in [0.2, 0.25) is 0 Å². The molecule has 1 atom stereocenters. The minimum absolute atomic E-state index is 0.197. The number of ether oxygens (including phenoxy) is 3. The van der Waals surface area contributed by atoms with Gasteiger partial charge in [-0.2, -0.15) is 0 Å². The molecule has 2 N–H and O–H groups in total. The zero-order chi connectivity index (χ0) is 15.3. The lowest BCUT2D eigenvalue weighted by Crippen LogP contribution is -2.32. The molecular weight excluding hydrogens is 279 g/mol. The highest BCUT2D eigenvalue weighted by atomic mass is 16.5. The standard InChI is InChI=1S/C16H15BN2O3/c1-20-10-3-5-14-12(7-10)16(8-21-15(18)19-16)11-6-9(17)2-4-13(11)22-14/h2-7H,8,17H2,1H3,(H2,18,19). The van der Waals surface area contributed by atoms with E-state index < -0.39 is 5.54 Å². The van der Waals surface area contributed by atoms with E-state index >= 15 is 0 Å². The predicted molar refractivity (Wildman–Crippen MR) is 86.0 cm³/mol. The molecule has 0 amide bonds. The van der Waals surface area contributed by atoms with Gasteiger partial charge in [-0.3, -0.25) is 0 Å². The van der Waals surface area contributed by atoms with Crippen molar-refractivity contribution in [1.29, 1.82) is 0 Å². The number of benzene rings is 2. The van der Waals surface area contributed by atoms with E-state index in [4.69, 9.17) is 19.9 Å². The fraction of sp³-hybridized carbons (Fsp3) is 0.188. The molecule has 4 rings (SSSR count). The topological polar surface area (TPSA) is 66.1 Å². The summed E-state index contributed by atoms with van der Waals surface area (Å²) in [5, 5.41) is 0. The van der Waals surface area contributed by atoms with Crippen LogP contribution in [0.3, 0.4) is 0 Å². The van der Waals surface area contributed by atoms with Gasteiger partial charge in [0.05, 0.1) is 7.11 Å². The molecule has 0 saturated carbocycles. The van der Waals surface area contributed by atoms with E-state index in [-0.39, 0.29) is 6.02 Å². The Morgan fingerprint density at radius 1 is 1.18 bits per heavy atom. The summed E-state index contributed by atoms with van der Waals surface area (Å²) in [7, 11) is 3.68. The van der Waals surface area contributed by atoms with Crippen LogP contribution in [0.2, 0.25) is 0 Å². The Labute approximate surface area is 129 Å². The van der Waals surface area contributed by atoms with Gasteiger partial charge in [-0.15, -0.1) is 0 Å². The fourth-order valence-corrected chi connectivity index (χ4v) is 3.07. The summed E-state index contributed by atoms with van der Waals surface area (Å²) in [6.45, 7) is 0.360. The van der Waals surface area contributed by atoms with Crippen LogP contribution < -0.4 is 20.7 Å². The Hall–Kier alpha value is -2.63. The van der Waals surface area contributed by atoms with Crippen LogP contribution in [0.5, 0.6) is 17.2 Å². The molecule has 22 heavy (non-hydrogen) atoms. The van der Waals surface area contributed by atoms with Crippen molar-refractivity contribution in [3.8, 4) is 17.2 Å². The summed E-state index contributed by atoms with van der Waals surface area (Å²) in [4.78, 5) is 4.62. The highest BCUT2D eigenvalue weighted by Crippen LogP contribution is 2.51. The molecule has 2 aromatic carbocycles. The molecule has 0 saturated heterocycles. The first-order valence-electron chi connectivity index (χ1n) is 7.08. The number of amidine groups is 1. The van der Waals surface area contributed by atoms with Gasteiger partial charge in [-0.1, -0.05) is 17.6 Å². The SMILES string of the molecule is Bc1ccc2c(c1)C1(COC(N)=N1)c1cc(OC)ccc1O2. The van der Waals surface area contributed by atoms with Crippen LogP contribution in [0.15, 0.2) is 41.4 Å². The third-order valence-electron chi connectivity index (χ3n) is 4.16. The Morgan fingerprint density at radius 2 is 1.91 bits per heavy atom. The average molecular weight is 294 g/mol. The fourth-order valence-electron chi connectivity index (χ4n) is 3.07. The average Bonchev–Trinajstić information content (AvgIpc) is 2.91. The molecule has 5 nitrogen and oxygen atoms in total. The van der Waals surface area contributed by atoms with Crippen LogP contribution in [0.25, 0.3) is 0 Å². The highest BCUT2D eigenvalue weighted by molar-refractivity contribution is 6.32. The van der Waals surface area contributed by atoms with Gasteiger partial charge in [0, 0.05) is 11.1 Å². The molecule has 1 unspecified atom stereocenters. The van der Waals surface area contributed by atoms with Crippen LogP contribution in [0.1, 0.15) is 11.1 Å². The van der Waals surface area contributed by atoms with Crippen molar-refractivity contribution in [2.24, 2.45) is 10.7 Å². The highest BCUT2D eigenvalue weighted by Gasteiger charge is 2.47. The molecular formula is C16H15BN2O3. The summed E-state index contributed by atoms with van der Waals surface area (Å²) in [5.74, 6) is 2.28. The first-order valence-corrected chi connectivity index (χ1v) is 7.08. The summed E-state index contributed by atoms with van der Waals surface area (Å²) in [6, 6.07) is 11.9. The molecule has 2 aliphatic heterocycles. The van der Waals surface area contributed by atoms with Gasteiger partial charge < -0.3 is 19.9 Å². The maximum Gasteiger partial charge on any atom is 0.283 e. The number of methoxy groups -OCH3 is 1. The lowest BCUT2D eigenvalue weighted by atomic mass is 9.79. The molecule has 0 radical (unpaired) electrons. The van der Waals surface area contributed by atoms with Crippen LogP contribution in [0.4, 0.5) is 0 Å². The minimum Gasteiger partial charge on any atom is -0.497 e. The van der Waals surface area contributed by atoms with Crippen molar-refractivity contribution in [2.45, 2.75) is 5.54 Å². The van der Waals surface area contributed by atoms with Gasteiger partial charge >= 0.3 is 0 Å². The summed E-state index contributed by atoms with van der Waals surface area (Å²) >= 11 is 0. The van der Waals surface area contributed by atoms with Gasteiger partial charge in [-0.05, 0) is 24.3 Å². The number of hydrogen-bond acceptors (Lipinski definition) is 5. The Balaban J connectivity index is 2.02. The summed E-state index contributed by atoms with van der Waals surface area (Å²) in [5.41, 5.74) is 8.15. The first kappa shape index (κ1) is 13.1. The van der Waals surface area contributed by atoms with Crippen molar-refractivity contribution >= 4 is 19.3 Å². The van der Waals surface area contributed by atoms with Crippen molar-refractivity contribution in [3.05, 3.63) is 47.5 Å². The second-order valence-electron chi connectivity index (χ2n) is 5.56. The van der Waals surface area contributed by atoms with E-state index in [1.54, 1.807) is 7.11 Å².